The number of aromatic nitrogens is 3. The molecule has 0 amide bonds. The maximum absolute atomic E-state index is 13.5. The Bertz CT molecular complexity index is 1200. The summed E-state index contributed by atoms with van der Waals surface area (Å²) in [6, 6.07) is 19.4. The molecule has 0 atom stereocenters. The van der Waals surface area contributed by atoms with Gasteiger partial charge < -0.3 is 0 Å². The number of hydrogen-bond acceptors (Lipinski definition) is 3. The van der Waals surface area contributed by atoms with E-state index in [1.165, 1.54) is 28.8 Å². The third kappa shape index (κ3) is 3.96. The predicted octanol–water partition coefficient (Wildman–Crippen LogP) is 4.61. The molecule has 0 fully saturated rings. The molecule has 29 heavy (non-hydrogen) atoms. The van der Waals surface area contributed by atoms with Gasteiger partial charge in [-0.25, -0.2) is 13.6 Å². The Morgan fingerprint density at radius 2 is 1.31 bits per heavy atom. The fraction of sp³-hybridized carbons (Fsp3) is 0.0870. The molecule has 0 N–H and O–H groups in total. The number of nitrogens with zero attached hydrogens (tertiary/aromatic N) is 3. The van der Waals surface area contributed by atoms with Crippen LogP contribution in [0.25, 0.3) is 22.5 Å². The van der Waals surface area contributed by atoms with Gasteiger partial charge in [-0.15, -0.1) is 5.10 Å². The van der Waals surface area contributed by atoms with Crippen LogP contribution in [-0.4, -0.2) is 14.8 Å². The highest BCUT2D eigenvalue weighted by Gasteiger charge is 2.17. The van der Waals surface area contributed by atoms with Crippen molar-refractivity contribution in [3.63, 3.8) is 0 Å². The predicted molar refractivity (Wildman–Crippen MR) is 107 cm³/mol. The Morgan fingerprint density at radius 1 is 0.759 bits per heavy atom. The van der Waals surface area contributed by atoms with E-state index in [0.29, 0.717) is 22.5 Å². The van der Waals surface area contributed by atoms with Crippen LogP contribution in [0.15, 0.2) is 77.6 Å². The third-order valence-corrected chi connectivity index (χ3v) is 4.66. The highest BCUT2D eigenvalue weighted by Crippen LogP contribution is 2.29. The molecule has 0 radical (unpaired) electrons. The zero-order chi connectivity index (χ0) is 20.4. The van der Waals surface area contributed by atoms with Crippen LogP contribution in [0.5, 0.6) is 0 Å². The van der Waals surface area contributed by atoms with Gasteiger partial charge >= 0.3 is 5.69 Å². The van der Waals surface area contributed by atoms with Crippen molar-refractivity contribution in [3.8, 4) is 22.5 Å². The molecule has 1 heterocycles. The number of aryl methyl sites for hydroxylation is 1. The van der Waals surface area contributed by atoms with E-state index in [0.717, 1.165) is 11.1 Å². The van der Waals surface area contributed by atoms with Crippen molar-refractivity contribution in [1.82, 2.24) is 14.8 Å². The second-order valence-corrected chi connectivity index (χ2v) is 6.77. The van der Waals surface area contributed by atoms with Crippen LogP contribution in [0.4, 0.5) is 8.78 Å². The SMILES string of the molecule is Cc1ccc(Cn2c(-c3ccc(F)cc3)c(-c3ccc(F)cc3)nnc2=O)cc1. The highest BCUT2D eigenvalue weighted by molar-refractivity contribution is 5.77. The maximum atomic E-state index is 13.5. The summed E-state index contributed by atoms with van der Waals surface area (Å²) in [5.41, 5.74) is 3.65. The summed E-state index contributed by atoms with van der Waals surface area (Å²) >= 11 is 0. The van der Waals surface area contributed by atoms with Gasteiger partial charge in [0.05, 0.1) is 12.2 Å². The fourth-order valence-electron chi connectivity index (χ4n) is 3.14. The second-order valence-electron chi connectivity index (χ2n) is 6.77. The summed E-state index contributed by atoms with van der Waals surface area (Å²) in [5, 5.41) is 7.88. The molecular formula is C23H17F2N3O. The molecule has 144 valence electrons. The first kappa shape index (κ1) is 18.7. The van der Waals surface area contributed by atoms with Crippen LogP contribution in [0.1, 0.15) is 11.1 Å². The van der Waals surface area contributed by atoms with Gasteiger partial charge in [0.1, 0.15) is 17.3 Å². The lowest BCUT2D eigenvalue weighted by molar-refractivity contribution is 0.627. The topological polar surface area (TPSA) is 47.8 Å². The van der Waals surface area contributed by atoms with E-state index in [9.17, 15) is 13.6 Å². The smallest absolute Gasteiger partial charge is 0.284 e. The summed E-state index contributed by atoms with van der Waals surface area (Å²) in [4.78, 5) is 12.6. The molecule has 3 aromatic carbocycles. The molecule has 0 aliphatic carbocycles. The lowest BCUT2D eigenvalue weighted by Crippen LogP contribution is -2.27. The van der Waals surface area contributed by atoms with Gasteiger partial charge in [0.25, 0.3) is 0 Å². The molecule has 4 aromatic rings. The minimum absolute atomic E-state index is 0.273. The van der Waals surface area contributed by atoms with Gasteiger partial charge in [0, 0.05) is 11.1 Å². The molecule has 0 aliphatic heterocycles. The van der Waals surface area contributed by atoms with Crippen molar-refractivity contribution in [1.29, 1.82) is 0 Å². The summed E-state index contributed by atoms with van der Waals surface area (Å²) in [6.07, 6.45) is 0. The average Bonchev–Trinajstić information content (AvgIpc) is 2.72. The van der Waals surface area contributed by atoms with E-state index in [1.807, 2.05) is 31.2 Å². The van der Waals surface area contributed by atoms with E-state index in [2.05, 4.69) is 10.2 Å². The van der Waals surface area contributed by atoms with Crippen molar-refractivity contribution in [3.05, 3.63) is 106 Å². The van der Waals surface area contributed by atoms with Crippen molar-refractivity contribution >= 4 is 0 Å². The molecule has 4 nitrogen and oxygen atoms in total. The Morgan fingerprint density at radius 3 is 1.90 bits per heavy atom. The maximum Gasteiger partial charge on any atom is 0.367 e. The van der Waals surface area contributed by atoms with Crippen molar-refractivity contribution in [2.75, 3.05) is 0 Å². The van der Waals surface area contributed by atoms with Crippen molar-refractivity contribution < 1.29 is 8.78 Å². The molecule has 0 saturated carbocycles. The summed E-state index contributed by atoms with van der Waals surface area (Å²) in [7, 11) is 0. The van der Waals surface area contributed by atoms with E-state index in [-0.39, 0.29) is 18.2 Å². The first-order valence-corrected chi connectivity index (χ1v) is 9.06. The summed E-state index contributed by atoms with van der Waals surface area (Å²) in [6.45, 7) is 2.26. The molecule has 0 spiro atoms. The van der Waals surface area contributed by atoms with Gasteiger partial charge in [-0.05, 0) is 61.0 Å². The first-order chi connectivity index (χ1) is 14.0. The van der Waals surface area contributed by atoms with Crippen molar-refractivity contribution in [2.24, 2.45) is 0 Å². The zero-order valence-electron chi connectivity index (χ0n) is 15.6. The Labute approximate surface area is 166 Å². The minimum atomic E-state index is -0.518. The van der Waals surface area contributed by atoms with Crippen LogP contribution < -0.4 is 5.69 Å². The minimum Gasteiger partial charge on any atom is -0.284 e. The standard InChI is InChI=1S/C23H17F2N3O/c1-15-2-4-16(5-3-15)14-28-22(18-8-12-20(25)13-9-18)21(26-27-23(28)29)17-6-10-19(24)11-7-17/h2-13H,14H2,1H3. The van der Waals surface area contributed by atoms with E-state index in [1.54, 1.807) is 24.3 Å². The zero-order valence-corrected chi connectivity index (χ0v) is 15.6. The van der Waals surface area contributed by atoms with Crippen LogP contribution in [0, 0.1) is 18.6 Å². The van der Waals surface area contributed by atoms with Gasteiger partial charge in [0.15, 0.2) is 0 Å². The monoisotopic (exact) mass is 389 g/mol. The highest BCUT2D eigenvalue weighted by atomic mass is 19.1. The normalized spacial score (nSPS) is 10.9. The molecular weight excluding hydrogens is 372 g/mol. The van der Waals surface area contributed by atoms with Gasteiger partial charge in [-0.3, -0.25) is 4.57 Å². The average molecular weight is 389 g/mol. The molecule has 0 saturated heterocycles. The van der Waals surface area contributed by atoms with Crippen LogP contribution in [0.3, 0.4) is 0 Å². The van der Waals surface area contributed by atoms with E-state index >= 15 is 0 Å². The van der Waals surface area contributed by atoms with Crippen LogP contribution in [0.2, 0.25) is 0 Å². The Kier molecular flexibility index (Phi) is 4.99. The Hall–Kier alpha value is -3.67. The molecule has 0 unspecified atom stereocenters. The lowest BCUT2D eigenvalue weighted by atomic mass is 10.0. The number of hydrogen-bond donors (Lipinski definition) is 0. The fourth-order valence-corrected chi connectivity index (χ4v) is 3.14. The van der Waals surface area contributed by atoms with Gasteiger partial charge in [-0.2, -0.15) is 0 Å². The first-order valence-electron chi connectivity index (χ1n) is 9.06. The van der Waals surface area contributed by atoms with Crippen LogP contribution in [-0.2, 0) is 6.54 Å². The number of rotatable bonds is 4. The lowest BCUT2D eigenvalue weighted by Gasteiger charge is -2.16. The van der Waals surface area contributed by atoms with Gasteiger partial charge in [0.2, 0.25) is 0 Å². The summed E-state index contributed by atoms with van der Waals surface area (Å²) < 4.78 is 28.4. The third-order valence-electron chi connectivity index (χ3n) is 4.66. The molecule has 6 heteroatoms. The molecule has 0 aliphatic rings. The summed E-state index contributed by atoms with van der Waals surface area (Å²) in [5.74, 6) is -0.760. The number of benzene rings is 3. The van der Waals surface area contributed by atoms with E-state index < -0.39 is 5.69 Å². The molecule has 1 aromatic heterocycles. The number of halogens is 2. The molecule has 4 rings (SSSR count). The second kappa shape index (κ2) is 7.75. The van der Waals surface area contributed by atoms with Gasteiger partial charge in [-0.1, -0.05) is 34.9 Å². The van der Waals surface area contributed by atoms with E-state index in [4.69, 9.17) is 0 Å². The Balaban J connectivity index is 1.94. The van der Waals surface area contributed by atoms with Crippen molar-refractivity contribution in [2.45, 2.75) is 13.5 Å². The molecule has 0 bridgehead atoms. The van der Waals surface area contributed by atoms with Crippen LogP contribution >= 0.6 is 0 Å². The largest absolute Gasteiger partial charge is 0.367 e. The quantitative estimate of drug-likeness (QED) is 0.512.